The van der Waals surface area contributed by atoms with Crippen LogP contribution in [0.15, 0.2) is 21.1 Å². The van der Waals surface area contributed by atoms with Crippen LogP contribution in [0.25, 0.3) is 11.5 Å². The number of nitrogens with one attached hydrogen (secondary N) is 1. The van der Waals surface area contributed by atoms with Crippen molar-refractivity contribution in [3.8, 4) is 11.5 Å². The van der Waals surface area contributed by atoms with Gasteiger partial charge in [-0.2, -0.15) is 0 Å². The van der Waals surface area contributed by atoms with E-state index in [2.05, 4.69) is 25.8 Å². The number of hydrogen-bond donors (Lipinski definition) is 1. The molecule has 3 aromatic heterocycles. The number of rotatable bonds is 5. The Bertz CT molecular complexity index is 742. The van der Waals surface area contributed by atoms with E-state index in [9.17, 15) is 0 Å². The van der Waals surface area contributed by atoms with Gasteiger partial charge in [-0.3, -0.25) is 0 Å². The molecule has 3 heterocycles. The lowest BCUT2D eigenvalue weighted by atomic mass is 10.2. The van der Waals surface area contributed by atoms with Crippen LogP contribution in [0.5, 0.6) is 0 Å². The summed E-state index contributed by atoms with van der Waals surface area (Å²) in [5.74, 6) is 2.51. The van der Waals surface area contributed by atoms with Crippen LogP contribution in [0.4, 0.5) is 0 Å². The van der Waals surface area contributed by atoms with Crippen LogP contribution in [-0.4, -0.2) is 32.2 Å². The van der Waals surface area contributed by atoms with E-state index in [1.54, 1.807) is 4.68 Å². The van der Waals surface area contributed by atoms with Crippen LogP contribution in [0, 0.1) is 13.8 Å². The smallest absolute Gasteiger partial charge is 0.251 e. The van der Waals surface area contributed by atoms with Crippen LogP contribution in [-0.2, 0) is 13.1 Å². The molecule has 110 valence electrons. The number of furan rings is 1. The van der Waals surface area contributed by atoms with Gasteiger partial charge in [-0.1, -0.05) is 5.21 Å². The molecule has 0 unspecified atom stereocenters. The first kappa shape index (κ1) is 13.5. The fraction of sp³-hybridized carbons (Fsp3) is 0.385. The number of nitrogens with zero attached hydrogens (tertiary/aromatic N) is 5. The van der Waals surface area contributed by atoms with Crippen molar-refractivity contribution in [2.24, 2.45) is 0 Å². The average molecular weight is 288 g/mol. The Morgan fingerprint density at radius 3 is 2.76 bits per heavy atom. The maximum absolute atomic E-state index is 5.65. The number of aromatic nitrogens is 5. The van der Waals surface area contributed by atoms with Gasteiger partial charge in [0, 0.05) is 6.54 Å². The SMILES string of the molecule is CNCc1cn(Cc2nnc(-c3cc(C)oc3C)o2)nn1. The Labute approximate surface area is 121 Å². The number of hydrogen-bond acceptors (Lipinski definition) is 7. The maximum Gasteiger partial charge on any atom is 0.251 e. The Morgan fingerprint density at radius 2 is 2.05 bits per heavy atom. The lowest BCUT2D eigenvalue weighted by Crippen LogP contribution is -2.05. The second-order valence-electron chi connectivity index (χ2n) is 4.77. The highest BCUT2D eigenvalue weighted by atomic mass is 16.4. The molecular weight excluding hydrogens is 272 g/mol. The average Bonchev–Trinajstić information content (AvgIpc) is 3.12. The second-order valence-corrected chi connectivity index (χ2v) is 4.77. The highest BCUT2D eigenvalue weighted by Gasteiger charge is 2.15. The van der Waals surface area contributed by atoms with Crippen LogP contribution in [0.1, 0.15) is 23.1 Å². The van der Waals surface area contributed by atoms with E-state index >= 15 is 0 Å². The third kappa shape index (κ3) is 2.84. The molecule has 0 saturated carbocycles. The van der Waals surface area contributed by atoms with Crippen molar-refractivity contribution in [1.29, 1.82) is 0 Å². The van der Waals surface area contributed by atoms with E-state index in [-0.39, 0.29) is 0 Å². The summed E-state index contributed by atoms with van der Waals surface area (Å²) in [5, 5.41) is 19.1. The van der Waals surface area contributed by atoms with E-state index in [0.717, 1.165) is 22.8 Å². The molecule has 0 radical (unpaired) electrons. The minimum atomic E-state index is 0.388. The fourth-order valence-electron chi connectivity index (χ4n) is 2.09. The summed E-state index contributed by atoms with van der Waals surface area (Å²) in [4.78, 5) is 0. The summed E-state index contributed by atoms with van der Waals surface area (Å²) < 4.78 is 12.8. The summed E-state index contributed by atoms with van der Waals surface area (Å²) in [6.45, 7) is 4.81. The minimum Gasteiger partial charge on any atom is -0.466 e. The standard InChI is InChI=1S/C13H16N6O2/c1-8-4-11(9(2)20-8)13-17-16-12(21-13)7-19-6-10(5-14-3)15-18-19/h4,6,14H,5,7H2,1-3H3. The van der Waals surface area contributed by atoms with Crippen molar-refractivity contribution in [3.63, 3.8) is 0 Å². The van der Waals surface area contributed by atoms with E-state index in [1.165, 1.54) is 0 Å². The Balaban J connectivity index is 1.77. The zero-order valence-corrected chi connectivity index (χ0v) is 12.1. The van der Waals surface area contributed by atoms with Gasteiger partial charge in [0.1, 0.15) is 18.1 Å². The molecule has 8 heteroatoms. The normalized spacial score (nSPS) is 11.2. The Hall–Kier alpha value is -2.48. The Kier molecular flexibility index (Phi) is 3.53. The van der Waals surface area contributed by atoms with Gasteiger partial charge in [-0.15, -0.1) is 15.3 Å². The molecular formula is C13H16N6O2. The molecule has 3 rings (SSSR count). The molecule has 8 nitrogen and oxygen atoms in total. The van der Waals surface area contributed by atoms with Gasteiger partial charge in [-0.25, -0.2) is 4.68 Å². The van der Waals surface area contributed by atoms with Gasteiger partial charge in [0.2, 0.25) is 5.89 Å². The van der Waals surface area contributed by atoms with Gasteiger partial charge in [0.05, 0.1) is 17.5 Å². The van der Waals surface area contributed by atoms with Crippen molar-refractivity contribution >= 4 is 0 Å². The predicted molar refractivity (Wildman–Crippen MR) is 73.4 cm³/mol. The third-order valence-corrected chi connectivity index (χ3v) is 2.98. The molecule has 0 amide bonds. The first-order valence-corrected chi connectivity index (χ1v) is 6.59. The van der Waals surface area contributed by atoms with Crippen molar-refractivity contribution in [3.05, 3.63) is 35.4 Å². The lowest BCUT2D eigenvalue weighted by Gasteiger charge is -1.94. The van der Waals surface area contributed by atoms with E-state index < -0.39 is 0 Å². The molecule has 0 saturated heterocycles. The fourth-order valence-corrected chi connectivity index (χ4v) is 2.09. The third-order valence-electron chi connectivity index (χ3n) is 2.98. The Morgan fingerprint density at radius 1 is 1.19 bits per heavy atom. The van der Waals surface area contributed by atoms with Crippen LogP contribution >= 0.6 is 0 Å². The van der Waals surface area contributed by atoms with E-state index in [0.29, 0.717) is 24.9 Å². The lowest BCUT2D eigenvalue weighted by molar-refractivity contribution is 0.466. The first-order valence-electron chi connectivity index (χ1n) is 6.59. The molecule has 0 aromatic carbocycles. The highest BCUT2D eigenvalue weighted by Crippen LogP contribution is 2.25. The summed E-state index contributed by atoms with van der Waals surface area (Å²) in [7, 11) is 1.86. The summed E-state index contributed by atoms with van der Waals surface area (Å²) in [6.07, 6.45) is 1.84. The van der Waals surface area contributed by atoms with Gasteiger partial charge in [-0.05, 0) is 27.0 Å². The quantitative estimate of drug-likeness (QED) is 0.756. The van der Waals surface area contributed by atoms with Crippen LogP contribution in [0.3, 0.4) is 0 Å². The van der Waals surface area contributed by atoms with Gasteiger partial charge in [0.25, 0.3) is 5.89 Å². The molecule has 0 atom stereocenters. The van der Waals surface area contributed by atoms with Crippen LogP contribution in [0.2, 0.25) is 0 Å². The highest BCUT2D eigenvalue weighted by molar-refractivity contribution is 5.55. The zero-order valence-electron chi connectivity index (χ0n) is 12.1. The summed E-state index contributed by atoms with van der Waals surface area (Å²) in [6, 6.07) is 1.88. The zero-order chi connectivity index (χ0) is 14.8. The van der Waals surface area contributed by atoms with Crippen molar-refractivity contribution in [2.45, 2.75) is 26.9 Å². The van der Waals surface area contributed by atoms with Crippen molar-refractivity contribution in [2.75, 3.05) is 7.05 Å². The monoisotopic (exact) mass is 288 g/mol. The first-order chi connectivity index (χ1) is 10.2. The molecule has 0 spiro atoms. The van der Waals surface area contributed by atoms with Crippen LogP contribution < -0.4 is 5.32 Å². The largest absolute Gasteiger partial charge is 0.466 e. The predicted octanol–water partition coefficient (Wildman–Crippen LogP) is 1.31. The maximum atomic E-state index is 5.65. The van der Waals surface area contributed by atoms with Crippen molar-refractivity contribution in [1.82, 2.24) is 30.5 Å². The molecule has 0 aliphatic rings. The van der Waals surface area contributed by atoms with E-state index in [4.69, 9.17) is 8.83 Å². The summed E-state index contributed by atoms with van der Waals surface area (Å²) >= 11 is 0. The number of aryl methyl sites for hydroxylation is 2. The van der Waals surface area contributed by atoms with Gasteiger partial charge >= 0.3 is 0 Å². The molecule has 21 heavy (non-hydrogen) atoms. The topological polar surface area (TPSA) is 94.8 Å². The summed E-state index contributed by atoms with van der Waals surface area (Å²) in [5.41, 5.74) is 1.68. The second kappa shape index (κ2) is 5.49. The van der Waals surface area contributed by atoms with Crippen molar-refractivity contribution < 1.29 is 8.83 Å². The van der Waals surface area contributed by atoms with Gasteiger partial charge < -0.3 is 14.2 Å². The molecule has 0 fully saturated rings. The molecule has 0 aliphatic heterocycles. The molecule has 1 N–H and O–H groups in total. The molecule has 3 aromatic rings. The minimum absolute atomic E-state index is 0.388. The van der Waals surface area contributed by atoms with E-state index in [1.807, 2.05) is 33.2 Å². The van der Waals surface area contributed by atoms with Gasteiger partial charge in [0.15, 0.2) is 0 Å². The molecule has 0 aliphatic carbocycles. The molecule has 0 bridgehead atoms.